The third kappa shape index (κ3) is 4.57. The highest BCUT2D eigenvalue weighted by Crippen LogP contribution is 2.26. The first-order valence-corrected chi connectivity index (χ1v) is 6.28. The molecule has 112 valence electrons. The second-order valence-corrected chi connectivity index (χ2v) is 4.78. The zero-order valence-electron chi connectivity index (χ0n) is 10.7. The lowest BCUT2D eigenvalue weighted by atomic mass is 9.94. The van der Waals surface area contributed by atoms with Crippen LogP contribution in [0.1, 0.15) is 12.8 Å². The van der Waals surface area contributed by atoms with Gasteiger partial charge in [0.05, 0.1) is 0 Å². The van der Waals surface area contributed by atoms with Crippen LogP contribution in [0.25, 0.3) is 0 Å². The molecule has 1 aliphatic rings. The fourth-order valence-electron chi connectivity index (χ4n) is 1.99. The topological polar surface area (TPSA) is 50.7 Å². The summed E-state index contributed by atoms with van der Waals surface area (Å²) in [7, 11) is 0. The van der Waals surface area contributed by atoms with Crippen molar-refractivity contribution in [3.63, 3.8) is 0 Å². The number of rotatable bonds is 4. The summed E-state index contributed by atoms with van der Waals surface area (Å²) in [4.78, 5) is 0. The van der Waals surface area contributed by atoms with Gasteiger partial charge in [-0.15, -0.1) is 13.2 Å². The third-order valence-corrected chi connectivity index (χ3v) is 3.10. The van der Waals surface area contributed by atoms with Crippen LogP contribution >= 0.6 is 0 Å². The molecule has 1 aromatic carbocycles. The van der Waals surface area contributed by atoms with Crippen LogP contribution in [0, 0.1) is 0 Å². The summed E-state index contributed by atoms with van der Waals surface area (Å²) in [5.74, 6) is 0.0944. The normalized spacial score (nSPS) is 18.6. The number of halogens is 3. The van der Waals surface area contributed by atoms with E-state index in [-0.39, 0.29) is 12.4 Å². The monoisotopic (exact) mass is 291 g/mol. The zero-order chi connectivity index (χ0) is 14.6. The Bertz CT molecular complexity index is 427. The average molecular weight is 291 g/mol. The number of nitrogens with one attached hydrogen (secondary N) is 1. The van der Waals surface area contributed by atoms with E-state index in [4.69, 9.17) is 4.74 Å². The molecule has 0 radical (unpaired) electrons. The molecule has 1 fully saturated rings. The smallest absolute Gasteiger partial charge is 0.491 e. The van der Waals surface area contributed by atoms with E-state index in [1.54, 1.807) is 0 Å². The molecule has 0 atom stereocenters. The molecule has 0 saturated carbocycles. The van der Waals surface area contributed by atoms with Crippen LogP contribution < -0.4 is 14.8 Å². The van der Waals surface area contributed by atoms with Crippen LogP contribution in [0.15, 0.2) is 24.3 Å². The van der Waals surface area contributed by atoms with Crippen molar-refractivity contribution in [1.29, 1.82) is 0 Å². The molecular formula is C13H16F3NO3. The van der Waals surface area contributed by atoms with Gasteiger partial charge in [-0.1, -0.05) is 0 Å². The number of hydrogen-bond acceptors (Lipinski definition) is 4. The van der Waals surface area contributed by atoms with Gasteiger partial charge in [0.25, 0.3) is 0 Å². The maximum absolute atomic E-state index is 12.0. The Kier molecular flexibility index (Phi) is 4.39. The molecule has 20 heavy (non-hydrogen) atoms. The van der Waals surface area contributed by atoms with Gasteiger partial charge in [0, 0.05) is 0 Å². The number of hydrogen-bond donors (Lipinski definition) is 2. The quantitative estimate of drug-likeness (QED) is 0.892. The summed E-state index contributed by atoms with van der Waals surface area (Å²) >= 11 is 0. The Morgan fingerprint density at radius 2 is 1.65 bits per heavy atom. The van der Waals surface area contributed by atoms with E-state index in [1.165, 1.54) is 24.3 Å². The van der Waals surface area contributed by atoms with Crippen molar-refractivity contribution in [3.05, 3.63) is 24.3 Å². The van der Waals surface area contributed by atoms with Crippen LogP contribution in [0.4, 0.5) is 13.2 Å². The molecule has 2 N–H and O–H groups in total. The first kappa shape index (κ1) is 14.9. The van der Waals surface area contributed by atoms with Gasteiger partial charge in [-0.3, -0.25) is 0 Å². The van der Waals surface area contributed by atoms with E-state index >= 15 is 0 Å². The van der Waals surface area contributed by atoms with Gasteiger partial charge in [0.1, 0.15) is 23.7 Å². The highest BCUT2D eigenvalue weighted by atomic mass is 19.4. The molecular weight excluding hydrogens is 275 g/mol. The number of ether oxygens (including phenoxy) is 2. The fraction of sp³-hybridized carbons (Fsp3) is 0.538. The summed E-state index contributed by atoms with van der Waals surface area (Å²) in [6.45, 7) is 1.56. The molecule has 0 bridgehead atoms. The number of alkyl halides is 3. The first-order chi connectivity index (χ1) is 9.36. The highest BCUT2D eigenvalue weighted by molar-refractivity contribution is 5.31. The predicted octanol–water partition coefficient (Wildman–Crippen LogP) is 2.08. The third-order valence-electron chi connectivity index (χ3n) is 3.10. The van der Waals surface area contributed by atoms with E-state index in [9.17, 15) is 18.3 Å². The van der Waals surface area contributed by atoms with E-state index in [0.29, 0.717) is 18.6 Å². The summed E-state index contributed by atoms with van der Waals surface area (Å²) in [5, 5.41) is 13.3. The SMILES string of the molecule is OC1(COc2ccc(OC(F)(F)F)cc2)CCNCC1. The molecule has 2 rings (SSSR count). The molecule has 1 saturated heterocycles. The summed E-state index contributed by atoms with van der Waals surface area (Å²) in [6.07, 6.45) is -3.53. The van der Waals surface area contributed by atoms with Crippen LogP contribution in [0.5, 0.6) is 11.5 Å². The average Bonchev–Trinajstić information content (AvgIpc) is 2.37. The molecule has 0 amide bonds. The highest BCUT2D eigenvalue weighted by Gasteiger charge is 2.31. The van der Waals surface area contributed by atoms with E-state index in [2.05, 4.69) is 10.1 Å². The lowest BCUT2D eigenvalue weighted by Gasteiger charge is -2.32. The van der Waals surface area contributed by atoms with Crippen molar-refractivity contribution in [3.8, 4) is 11.5 Å². The van der Waals surface area contributed by atoms with E-state index in [0.717, 1.165) is 13.1 Å². The van der Waals surface area contributed by atoms with Crippen molar-refractivity contribution in [2.45, 2.75) is 24.8 Å². The molecule has 0 aromatic heterocycles. The van der Waals surface area contributed by atoms with Crippen molar-refractivity contribution in [2.24, 2.45) is 0 Å². The van der Waals surface area contributed by atoms with Crippen LogP contribution in [-0.2, 0) is 0 Å². The molecule has 1 heterocycles. The van der Waals surface area contributed by atoms with E-state index < -0.39 is 12.0 Å². The lowest BCUT2D eigenvalue weighted by molar-refractivity contribution is -0.274. The Hall–Kier alpha value is -1.47. The maximum Gasteiger partial charge on any atom is 0.573 e. The van der Waals surface area contributed by atoms with Gasteiger partial charge in [-0.05, 0) is 50.2 Å². The molecule has 1 aromatic rings. The zero-order valence-corrected chi connectivity index (χ0v) is 10.7. The van der Waals surface area contributed by atoms with Gasteiger partial charge < -0.3 is 19.9 Å². The lowest BCUT2D eigenvalue weighted by Crippen LogP contribution is -2.45. The Morgan fingerprint density at radius 3 is 2.20 bits per heavy atom. The van der Waals surface area contributed by atoms with Crippen molar-refractivity contribution >= 4 is 0 Å². The van der Waals surface area contributed by atoms with Gasteiger partial charge in [0.2, 0.25) is 0 Å². The minimum Gasteiger partial charge on any atom is -0.491 e. The van der Waals surface area contributed by atoms with Crippen molar-refractivity contribution in [2.75, 3.05) is 19.7 Å². The van der Waals surface area contributed by atoms with Gasteiger partial charge in [0.15, 0.2) is 0 Å². The first-order valence-electron chi connectivity index (χ1n) is 6.28. The predicted molar refractivity (Wildman–Crippen MR) is 65.7 cm³/mol. The minimum absolute atomic E-state index is 0.119. The van der Waals surface area contributed by atoms with Gasteiger partial charge in [-0.25, -0.2) is 0 Å². The molecule has 0 aliphatic carbocycles. The second-order valence-electron chi connectivity index (χ2n) is 4.78. The fourth-order valence-corrected chi connectivity index (χ4v) is 1.99. The standard InChI is InChI=1S/C13H16F3NO3/c14-13(15,16)20-11-3-1-10(2-4-11)19-9-12(18)5-7-17-8-6-12/h1-4,17-18H,5-9H2. The van der Waals surface area contributed by atoms with E-state index in [1.807, 2.05) is 0 Å². The summed E-state index contributed by atoms with van der Waals surface area (Å²) < 4.78 is 45.1. The number of aliphatic hydroxyl groups is 1. The van der Waals surface area contributed by atoms with Gasteiger partial charge >= 0.3 is 6.36 Å². The molecule has 4 nitrogen and oxygen atoms in total. The van der Waals surface area contributed by atoms with Crippen molar-refractivity contribution in [1.82, 2.24) is 5.32 Å². The van der Waals surface area contributed by atoms with Crippen LogP contribution in [0.3, 0.4) is 0 Å². The Balaban J connectivity index is 1.87. The molecule has 7 heteroatoms. The van der Waals surface area contributed by atoms with Gasteiger partial charge in [-0.2, -0.15) is 0 Å². The largest absolute Gasteiger partial charge is 0.573 e. The molecule has 0 unspecified atom stereocenters. The minimum atomic E-state index is -4.70. The van der Waals surface area contributed by atoms with Crippen molar-refractivity contribution < 1.29 is 27.8 Å². The summed E-state index contributed by atoms with van der Waals surface area (Å²) in [6, 6.07) is 5.11. The number of piperidine rings is 1. The second kappa shape index (κ2) is 5.88. The summed E-state index contributed by atoms with van der Waals surface area (Å²) in [5.41, 5.74) is -0.883. The number of benzene rings is 1. The van der Waals surface area contributed by atoms with Crippen LogP contribution in [0.2, 0.25) is 0 Å². The molecule has 1 aliphatic heterocycles. The maximum atomic E-state index is 12.0. The van der Waals surface area contributed by atoms with Crippen LogP contribution in [-0.4, -0.2) is 36.8 Å². The molecule has 0 spiro atoms. The Morgan fingerprint density at radius 1 is 1.10 bits per heavy atom. The Labute approximate surface area is 114 Å².